The van der Waals surface area contributed by atoms with Crippen molar-refractivity contribution in [2.24, 2.45) is 0 Å². The number of furan rings is 1. The van der Waals surface area contributed by atoms with E-state index in [0.29, 0.717) is 0 Å². The first-order chi connectivity index (χ1) is 48.2. The Bertz CT molecular complexity index is 4700. The van der Waals surface area contributed by atoms with E-state index in [1.807, 2.05) is 11.3 Å². The van der Waals surface area contributed by atoms with Gasteiger partial charge in [-0.2, -0.15) is 0 Å². The van der Waals surface area contributed by atoms with Crippen molar-refractivity contribution in [3.05, 3.63) is 215 Å². The molecule has 12 aromatic rings. The molecular formula is C94H104N2OS. The quantitative estimate of drug-likeness (QED) is 0.0385. The molecule has 0 atom stereocenters. The van der Waals surface area contributed by atoms with Crippen LogP contribution in [0.3, 0.4) is 0 Å². The van der Waals surface area contributed by atoms with Gasteiger partial charge < -0.3 is 4.42 Å². The molecule has 0 saturated heterocycles. The zero-order valence-electron chi connectivity index (χ0n) is 59.8. The Kier molecular flexibility index (Phi) is 21.1. The van der Waals surface area contributed by atoms with E-state index in [2.05, 4.69) is 224 Å². The van der Waals surface area contributed by atoms with Gasteiger partial charge in [0.05, 0.1) is 11.4 Å². The fourth-order valence-electron chi connectivity index (χ4n) is 17.4. The minimum Gasteiger partial charge on any atom is -0.456 e. The molecule has 4 heteroatoms. The van der Waals surface area contributed by atoms with Crippen LogP contribution in [0.2, 0.25) is 0 Å². The molecule has 0 bridgehead atoms. The van der Waals surface area contributed by atoms with Gasteiger partial charge in [-0.3, -0.25) is 0 Å². The lowest BCUT2D eigenvalue weighted by atomic mass is 9.70. The first kappa shape index (κ1) is 67.3. The van der Waals surface area contributed by atoms with Crippen LogP contribution >= 0.6 is 11.3 Å². The van der Waals surface area contributed by atoms with Crippen molar-refractivity contribution in [1.82, 2.24) is 9.97 Å². The molecule has 2 aliphatic rings. The molecule has 3 nitrogen and oxygen atoms in total. The first-order valence-corrected chi connectivity index (χ1v) is 39.4. The highest BCUT2D eigenvalue weighted by Crippen LogP contribution is 2.58. The zero-order valence-corrected chi connectivity index (χ0v) is 60.6. The van der Waals surface area contributed by atoms with Crippen molar-refractivity contribution in [3.8, 4) is 78.4 Å². The van der Waals surface area contributed by atoms with Crippen molar-refractivity contribution in [2.75, 3.05) is 0 Å². The second-order valence-electron chi connectivity index (χ2n) is 29.7. The highest BCUT2D eigenvalue weighted by Gasteiger charge is 2.44. The van der Waals surface area contributed by atoms with Crippen LogP contribution in [-0.2, 0) is 10.8 Å². The Balaban J connectivity index is 0.922. The molecule has 0 radical (unpaired) electrons. The van der Waals surface area contributed by atoms with Gasteiger partial charge in [0.2, 0.25) is 0 Å². The Morgan fingerprint density at radius 2 is 0.694 bits per heavy atom. The van der Waals surface area contributed by atoms with Crippen molar-refractivity contribution < 1.29 is 4.42 Å². The molecule has 3 heterocycles. The monoisotopic (exact) mass is 1310 g/mol. The summed E-state index contributed by atoms with van der Waals surface area (Å²) in [6.45, 7) is 13.8. The number of aromatic nitrogens is 2. The van der Waals surface area contributed by atoms with E-state index in [-0.39, 0.29) is 10.8 Å². The Labute approximate surface area is 590 Å². The topological polar surface area (TPSA) is 38.9 Å². The third-order valence-corrected chi connectivity index (χ3v) is 24.0. The summed E-state index contributed by atoms with van der Waals surface area (Å²) in [4.78, 5) is 11.6. The highest BCUT2D eigenvalue weighted by molar-refractivity contribution is 7.25. The van der Waals surface area contributed by atoms with Gasteiger partial charge >= 0.3 is 0 Å². The number of nitrogens with zero attached hydrogens (tertiary/aromatic N) is 2. The standard InChI is InChI=1S/C94H104N2OS/c1-7-11-15-19-23-29-53-93(54-30-24-20-16-12-8-2)82-57-66(6)37-48-74(82)76-50-45-71(60-84(76)93)86-63-87(96-92(95-86)73-47-52-90-80(58-73)81-62-79-78-33-27-28-34-88(78)97-89(79)64-91(81)98-90)72-46-51-77-75-49-44-70(69-42-40-68(41-43-69)67-38-35-65(5)36-39-67)59-83(75)94(85(77)61-72,55-31-25-21-17-13-9-3)56-32-26-22-18-14-10-4/h27-28,33-52,57-64H,7-26,29-32,53-56H2,1-6H3. The summed E-state index contributed by atoms with van der Waals surface area (Å²) >= 11 is 1.84. The van der Waals surface area contributed by atoms with Crippen LogP contribution in [0.5, 0.6) is 0 Å². The number of para-hydroxylation sites is 1. The van der Waals surface area contributed by atoms with Gasteiger partial charge in [0.15, 0.2) is 5.82 Å². The van der Waals surface area contributed by atoms with Crippen LogP contribution in [0.15, 0.2) is 186 Å². The lowest BCUT2D eigenvalue weighted by Gasteiger charge is -2.33. The van der Waals surface area contributed by atoms with Crippen molar-refractivity contribution in [1.29, 1.82) is 0 Å². The Morgan fingerprint density at radius 3 is 1.21 bits per heavy atom. The average molecular weight is 1310 g/mol. The van der Waals surface area contributed by atoms with E-state index in [1.165, 1.54) is 271 Å². The molecule has 0 saturated carbocycles. The summed E-state index contributed by atoms with van der Waals surface area (Å²) in [6, 6.07) is 70.7. The summed E-state index contributed by atoms with van der Waals surface area (Å²) < 4.78 is 8.94. The van der Waals surface area contributed by atoms with Gasteiger partial charge in [-0.1, -0.05) is 314 Å². The molecule has 0 N–H and O–H groups in total. The summed E-state index contributed by atoms with van der Waals surface area (Å²) in [6.07, 6.45) is 35.5. The minimum absolute atomic E-state index is 0.0628. The number of rotatable bonds is 33. The van der Waals surface area contributed by atoms with E-state index in [9.17, 15) is 0 Å². The summed E-state index contributed by atoms with van der Waals surface area (Å²) in [7, 11) is 0. The number of fused-ring (bicyclic) bond motifs is 12. The number of unbranched alkanes of at least 4 members (excludes halogenated alkanes) is 20. The molecule has 0 amide bonds. The van der Waals surface area contributed by atoms with Gasteiger partial charge in [0.1, 0.15) is 11.2 Å². The number of hydrogen-bond donors (Lipinski definition) is 0. The maximum atomic E-state index is 6.46. The molecule has 3 aromatic heterocycles. The highest BCUT2D eigenvalue weighted by atomic mass is 32.1. The largest absolute Gasteiger partial charge is 0.456 e. The van der Waals surface area contributed by atoms with Crippen molar-refractivity contribution >= 4 is 53.4 Å². The maximum Gasteiger partial charge on any atom is 0.160 e. The van der Waals surface area contributed by atoms with Gasteiger partial charge in [0.25, 0.3) is 0 Å². The molecule has 0 aliphatic heterocycles. The molecule has 14 rings (SSSR count). The summed E-state index contributed by atoms with van der Waals surface area (Å²) in [5.41, 5.74) is 26.5. The average Bonchev–Trinajstić information content (AvgIpc) is 1.57. The van der Waals surface area contributed by atoms with Crippen LogP contribution in [0.25, 0.3) is 121 Å². The summed E-state index contributed by atoms with van der Waals surface area (Å²) in [5.74, 6) is 0.769. The van der Waals surface area contributed by atoms with Crippen LogP contribution in [-0.4, -0.2) is 9.97 Å². The molecule has 0 spiro atoms. The van der Waals surface area contributed by atoms with Gasteiger partial charge in [-0.05, 0) is 167 Å². The second kappa shape index (κ2) is 30.7. The van der Waals surface area contributed by atoms with E-state index in [1.54, 1.807) is 5.56 Å². The van der Waals surface area contributed by atoms with Gasteiger partial charge in [-0.25, -0.2) is 9.97 Å². The number of benzene rings is 9. The van der Waals surface area contributed by atoms with E-state index in [0.717, 1.165) is 57.6 Å². The Morgan fingerprint density at radius 1 is 0.296 bits per heavy atom. The normalized spacial score (nSPS) is 13.5. The third kappa shape index (κ3) is 13.8. The van der Waals surface area contributed by atoms with Gasteiger partial charge in [-0.15, -0.1) is 11.3 Å². The number of aryl methyl sites for hydroxylation is 2. The van der Waals surface area contributed by atoms with E-state index < -0.39 is 0 Å². The number of thiophene rings is 1. The van der Waals surface area contributed by atoms with Crippen molar-refractivity contribution in [2.45, 2.75) is 232 Å². The fraction of sp³-hybridized carbons (Fsp3) is 0.383. The van der Waals surface area contributed by atoms with Crippen LogP contribution < -0.4 is 0 Å². The third-order valence-electron chi connectivity index (χ3n) is 22.9. The van der Waals surface area contributed by atoms with Crippen LogP contribution in [0.4, 0.5) is 0 Å². The zero-order chi connectivity index (χ0) is 67.0. The lowest BCUT2D eigenvalue weighted by molar-refractivity contribution is 0.398. The lowest BCUT2D eigenvalue weighted by Crippen LogP contribution is -2.26. The molecular weight excluding hydrogens is 1210 g/mol. The first-order valence-electron chi connectivity index (χ1n) is 38.6. The minimum atomic E-state index is -0.147. The molecule has 0 fully saturated rings. The van der Waals surface area contributed by atoms with Crippen LogP contribution in [0.1, 0.15) is 241 Å². The molecule has 2 aliphatic carbocycles. The van der Waals surface area contributed by atoms with Crippen molar-refractivity contribution in [3.63, 3.8) is 0 Å². The summed E-state index contributed by atoms with van der Waals surface area (Å²) in [5, 5.41) is 4.79. The molecule has 9 aromatic carbocycles. The number of hydrogen-bond acceptors (Lipinski definition) is 4. The predicted octanol–water partition coefficient (Wildman–Crippen LogP) is 29.2. The fourth-order valence-corrected chi connectivity index (χ4v) is 18.5. The van der Waals surface area contributed by atoms with E-state index >= 15 is 0 Å². The predicted molar refractivity (Wildman–Crippen MR) is 423 cm³/mol. The SMILES string of the molecule is CCCCCCCCC1(CCCCCCCC)c2cc(C)ccc2-c2ccc(-c3cc(-c4ccc5c(c4)C(CCCCCCCC)(CCCCCCCC)c4cc(-c6ccc(-c7ccc(C)cc7)cc6)ccc4-5)nc(-c4ccc5sc6cc7oc8ccccc8c7cc6c5c4)n3)cc21. The molecule has 98 heavy (non-hydrogen) atoms. The Hall–Kier alpha value is -7.92. The molecule has 502 valence electrons. The van der Waals surface area contributed by atoms with E-state index in [4.69, 9.17) is 14.4 Å². The van der Waals surface area contributed by atoms with Gasteiger partial charge in [0, 0.05) is 58.5 Å². The van der Waals surface area contributed by atoms with Crippen LogP contribution in [0, 0.1) is 13.8 Å². The molecule has 0 unspecified atom stereocenters. The second-order valence-corrected chi connectivity index (χ2v) is 30.8. The maximum absolute atomic E-state index is 6.46. The smallest absolute Gasteiger partial charge is 0.160 e.